The van der Waals surface area contributed by atoms with E-state index in [-0.39, 0.29) is 10.9 Å². The zero-order valence-corrected chi connectivity index (χ0v) is 14.3. The zero-order chi connectivity index (χ0) is 14.8. The second kappa shape index (κ2) is 5.79. The minimum atomic E-state index is -1.71. The first-order chi connectivity index (χ1) is 8.56. The van der Waals surface area contributed by atoms with Crippen LogP contribution in [0.3, 0.4) is 0 Å². The number of hydrogen-bond acceptors (Lipinski definition) is 2. The van der Waals surface area contributed by atoms with E-state index in [1.54, 1.807) is 6.92 Å². The summed E-state index contributed by atoms with van der Waals surface area (Å²) in [6.45, 7) is 14.5. The summed E-state index contributed by atoms with van der Waals surface area (Å²) in [5.74, 6) is 0.0392. The number of aliphatic hydroxyl groups excluding tert-OH is 1. The molecule has 3 nitrogen and oxygen atoms in total. The quantitative estimate of drug-likeness (QED) is 0.639. The van der Waals surface area contributed by atoms with Crippen LogP contribution in [0.5, 0.6) is 0 Å². The summed E-state index contributed by atoms with van der Waals surface area (Å²) >= 11 is 0. The lowest BCUT2D eigenvalue weighted by molar-refractivity contribution is -0.127. The van der Waals surface area contributed by atoms with Crippen molar-refractivity contribution in [2.45, 2.75) is 64.8 Å². The third-order valence-electron chi connectivity index (χ3n) is 4.54. The molecule has 1 heterocycles. The second-order valence-corrected chi connectivity index (χ2v) is 12.5. The summed E-state index contributed by atoms with van der Waals surface area (Å²) in [5, 5.41) is 10.2. The predicted octanol–water partition coefficient (Wildman–Crippen LogP) is 2.96. The third-order valence-corrected chi connectivity index (χ3v) is 9.44. The number of rotatable bonds is 3. The van der Waals surface area contributed by atoms with Crippen LogP contribution in [-0.4, -0.2) is 43.2 Å². The largest absolute Gasteiger partial charge is 0.389 e. The van der Waals surface area contributed by atoms with Gasteiger partial charge in [0, 0.05) is 18.7 Å². The van der Waals surface area contributed by atoms with Crippen LogP contribution in [0.25, 0.3) is 0 Å². The lowest BCUT2D eigenvalue weighted by Crippen LogP contribution is -2.39. The van der Waals surface area contributed by atoms with Crippen LogP contribution in [0.2, 0.25) is 18.1 Å². The number of amides is 1. The molecular weight excluding hydrogens is 254 g/mol. The first-order valence-corrected chi connectivity index (χ1v) is 10.3. The Balaban J connectivity index is 3.03. The Kier molecular flexibility index (Phi) is 5.01. The van der Waals surface area contributed by atoms with Gasteiger partial charge < -0.3 is 10.0 Å². The Morgan fingerprint density at radius 2 is 1.74 bits per heavy atom. The lowest BCUT2D eigenvalue weighted by Gasteiger charge is -2.35. The number of likely N-dealkylation sites (tertiary alicyclic amines) is 1. The van der Waals surface area contributed by atoms with Crippen LogP contribution in [0, 0.1) is 0 Å². The molecule has 0 aliphatic carbocycles. The molecule has 1 aliphatic rings. The minimum absolute atomic E-state index is 0.0392. The van der Waals surface area contributed by atoms with Gasteiger partial charge in [0.05, 0.1) is 14.2 Å². The predicted molar refractivity (Wildman–Crippen MR) is 82.8 cm³/mol. The average molecular weight is 283 g/mol. The number of carbonyl (C=O) groups is 1. The molecule has 0 spiro atoms. The number of aliphatic hydroxyl groups is 1. The molecule has 1 amide bonds. The molecule has 1 N–H and O–H groups in total. The number of nitrogens with zero attached hydrogens (tertiary/aromatic N) is 1. The monoisotopic (exact) mass is 283 g/mol. The maximum absolute atomic E-state index is 12.5. The molecule has 4 heteroatoms. The molecule has 0 aromatic rings. The summed E-state index contributed by atoms with van der Waals surface area (Å²) in [4.78, 5) is 14.4. The van der Waals surface area contributed by atoms with E-state index in [4.69, 9.17) is 0 Å². The lowest BCUT2D eigenvalue weighted by atomic mass is 10.1. The molecule has 0 radical (unpaired) electrons. The summed E-state index contributed by atoms with van der Waals surface area (Å²) in [7, 11) is -1.71. The standard InChI is InChI=1S/C15H29NO2Si/c1-12(17)13(11-19(5,6)15(2,3)4)14(18)16-9-7-8-10-16/h11-12,17H,7-10H2,1-6H3/b13-11-. The van der Waals surface area contributed by atoms with Crippen molar-refractivity contribution in [2.24, 2.45) is 0 Å². The molecule has 1 aliphatic heterocycles. The Morgan fingerprint density at radius 1 is 1.26 bits per heavy atom. The van der Waals surface area contributed by atoms with Crippen molar-refractivity contribution in [1.82, 2.24) is 4.90 Å². The molecule has 19 heavy (non-hydrogen) atoms. The van der Waals surface area contributed by atoms with E-state index in [9.17, 15) is 9.90 Å². The molecule has 1 rings (SSSR count). The molecule has 0 aromatic carbocycles. The van der Waals surface area contributed by atoms with Crippen LogP contribution in [0.4, 0.5) is 0 Å². The summed E-state index contributed by atoms with van der Waals surface area (Å²) in [6, 6.07) is 0. The normalized spacial score (nSPS) is 19.7. The van der Waals surface area contributed by atoms with Crippen molar-refractivity contribution in [2.75, 3.05) is 13.1 Å². The van der Waals surface area contributed by atoms with Gasteiger partial charge in [-0.3, -0.25) is 4.79 Å². The smallest absolute Gasteiger partial charge is 0.251 e. The summed E-state index contributed by atoms with van der Waals surface area (Å²) in [6.07, 6.45) is 1.49. The zero-order valence-electron chi connectivity index (χ0n) is 13.3. The fourth-order valence-electron chi connectivity index (χ4n) is 2.07. The molecule has 1 saturated heterocycles. The van der Waals surface area contributed by atoms with Gasteiger partial charge in [-0.1, -0.05) is 39.6 Å². The van der Waals surface area contributed by atoms with E-state index in [1.807, 2.05) is 4.90 Å². The van der Waals surface area contributed by atoms with Gasteiger partial charge in [-0.25, -0.2) is 0 Å². The molecule has 0 bridgehead atoms. The van der Waals surface area contributed by atoms with Crippen molar-refractivity contribution in [1.29, 1.82) is 0 Å². The molecule has 0 saturated carbocycles. The van der Waals surface area contributed by atoms with Crippen molar-refractivity contribution in [3.63, 3.8) is 0 Å². The Bertz CT molecular complexity index is 361. The fraction of sp³-hybridized carbons (Fsp3) is 0.800. The van der Waals surface area contributed by atoms with E-state index in [1.165, 1.54) is 0 Å². The molecule has 1 atom stereocenters. The summed E-state index contributed by atoms with van der Waals surface area (Å²) in [5.41, 5.74) is 2.71. The molecule has 1 fully saturated rings. The van der Waals surface area contributed by atoms with Gasteiger partial charge in [-0.05, 0) is 24.8 Å². The molecule has 1 unspecified atom stereocenters. The van der Waals surface area contributed by atoms with Crippen molar-refractivity contribution >= 4 is 14.0 Å². The van der Waals surface area contributed by atoms with Crippen LogP contribution >= 0.6 is 0 Å². The topological polar surface area (TPSA) is 40.5 Å². The highest BCUT2D eigenvalue weighted by Crippen LogP contribution is 2.37. The summed E-state index contributed by atoms with van der Waals surface area (Å²) < 4.78 is 0. The first kappa shape index (κ1) is 16.4. The van der Waals surface area contributed by atoms with Crippen LogP contribution < -0.4 is 0 Å². The second-order valence-electron chi connectivity index (χ2n) is 7.25. The minimum Gasteiger partial charge on any atom is -0.389 e. The highest BCUT2D eigenvalue weighted by atomic mass is 28.3. The maximum Gasteiger partial charge on any atom is 0.251 e. The molecule has 110 valence electrons. The maximum atomic E-state index is 12.5. The van der Waals surface area contributed by atoms with Gasteiger partial charge in [0.15, 0.2) is 0 Å². The van der Waals surface area contributed by atoms with Crippen LogP contribution in [0.15, 0.2) is 11.3 Å². The van der Waals surface area contributed by atoms with Crippen molar-refractivity contribution in [3.8, 4) is 0 Å². The first-order valence-electron chi connectivity index (χ1n) is 7.26. The Hall–Kier alpha value is -0.613. The van der Waals surface area contributed by atoms with Gasteiger partial charge in [0.25, 0.3) is 5.91 Å². The van der Waals surface area contributed by atoms with E-state index in [0.717, 1.165) is 25.9 Å². The average Bonchev–Trinajstić information content (AvgIpc) is 2.76. The van der Waals surface area contributed by atoms with Gasteiger partial charge in [-0.2, -0.15) is 0 Å². The van der Waals surface area contributed by atoms with E-state index >= 15 is 0 Å². The Labute approximate surface area is 118 Å². The van der Waals surface area contributed by atoms with E-state index in [2.05, 4.69) is 39.6 Å². The van der Waals surface area contributed by atoms with Gasteiger partial charge in [0.1, 0.15) is 0 Å². The van der Waals surface area contributed by atoms with Crippen LogP contribution in [0.1, 0.15) is 40.5 Å². The fourth-order valence-corrected chi connectivity index (χ4v) is 3.64. The van der Waals surface area contributed by atoms with E-state index < -0.39 is 14.2 Å². The third kappa shape index (κ3) is 3.92. The van der Waals surface area contributed by atoms with Crippen LogP contribution in [-0.2, 0) is 4.79 Å². The molecule has 0 aromatic heterocycles. The van der Waals surface area contributed by atoms with E-state index in [0.29, 0.717) is 5.57 Å². The number of hydrogen-bond donors (Lipinski definition) is 1. The van der Waals surface area contributed by atoms with Gasteiger partial charge in [-0.15, -0.1) is 0 Å². The van der Waals surface area contributed by atoms with Gasteiger partial charge >= 0.3 is 0 Å². The highest BCUT2D eigenvalue weighted by Gasteiger charge is 2.35. The van der Waals surface area contributed by atoms with Crippen molar-refractivity contribution in [3.05, 3.63) is 11.3 Å². The highest BCUT2D eigenvalue weighted by molar-refractivity contribution is 6.85. The number of carbonyl (C=O) groups excluding carboxylic acids is 1. The molecular formula is C15H29NO2Si. The van der Waals surface area contributed by atoms with Crippen molar-refractivity contribution < 1.29 is 9.90 Å². The van der Waals surface area contributed by atoms with Gasteiger partial charge in [0.2, 0.25) is 0 Å². The Morgan fingerprint density at radius 3 is 2.11 bits per heavy atom. The SMILES string of the molecule is CC(O)/C(=C/[Si](C)(C)C(C)(C)C)C(=O)N1CCCC1.